The Morgan fingerprint density at radius 1 is 1.24 bits per heavy atom. The number of nitrogens with zero attached hydrogens (tertiary/aromatic N) is 4. The largest absolute Gasteiger partial charge is 0.354 e. The van der Waals surface area contributed by atoms with Crippen molar-refractivity contribution < 1.29 is 4.79 Å². The van der Waals surface area contributed by atoms with Crippen molar-refractivity contribution in [3.05, 3.63) is 62.3 Å². The zero-order chi connectivity index (χ0) is 17.8. The average Bonchev–Trinajstić information content (AvgIpc) is 3.18. The van der Waals surface area contributed by atoms with Crippen LogP contribution in [0.4, 0.5) is 0 Å². The van der Waals surface area contributed by atoms with E-state index in [0.717, 1.165) is 16.3 Å². The van der Waals surface area contributed by atoms with E-state index in [0.29, 0.717) is 25.3 Å². The smallest absolute Gasteiger partial charge is 0.266 e. The van der Waals surface area contributed by atoms with E-state index in [1.54, 1.807) is 22.1 Å². The Balaban J connectivity index is 1.64. The van der Waals surface area contributed by atoms with Gasteiger partial charge in [0.1, 0.15) is 0 Å². The normalized spacial score (nSPS) is 10.8. The lowest BCUT2D eigenvalue weighted by Crippen LogP contribution is -2.33. The molecule has 0 saturated heterocycles. The number of aromatic nitrogens is 4. The van der Waals surface area contributed by atoms with Crippen LogP contribution in [0.2, 0.25) is 0 Å². The molecule has 0 aromatic carbocycles. The summed E-state index contributed by atoms with van der Waals surface area (Å²) in [4.78, 5) is 24.9. The fourth-order valence-corrected chi connectivity index (χ4v) is 3.21. The van der Waals surface area contributed by atoms with Crippen LogP contribution in [0.1, 0.15) is 16.3 Å². The summed E-state index contributed by atoms with van der Waals surface area (Å²) in [6.07, 6.45) is 0.353. The third-order valence-electron chi connectivity index (χ3n) is 3.64. The second kappa shape index (κ2) is 7.43. The molecular formula is C17H19N5O2S. The van der Waals surface area contributed by atoms with Crippen LogP contribution in [0.5, 0.6) is 0 Å². The minimum Gasteiger partial charge on any atom is -0.354 e. The monoisotopic (exact) mass is 357 g/mol. The number of rotatable bonds is 6. The van der Waals surface area contributed by atoms with Crippen molar-refractivity contribution in [2.75, 3.05) is 6.54 Å². The van der Waals surface area contributed by atoms with E-state index < -0.39 is 0 Å². The number of carbonyl (C=O) groups excluding carboxylic acids is 1. The lowest BCUT2D eigenvalue weighted by atomic mass is 10.3. The second-order valence-corrected chi connectivity index (χ2v) is 6.73. The van der Waals surface area contributed by atoms with Crippen LogP contribution >= 0.6 is 11.3 Å². The summed E-state index contributed by atoms with van der Waals surface area (Å²) in [5.74, 6) is 0.514. The third kappa shape index (κ3) is 4.21. The maximum absolute atomic E-state index is 12.0. The van der Waals surface area contributed by atoms with E-state index in [2.05, 4.69) is 15.5 Å². The molecule has 0 radical (unpaired) electrons. The molecule has 0 aliphatic carbocycles. The summed E-state index contributed by atoms with van der Waals surface area (Å²) in [5.41, 5.74) is 1.62. The Labute approximate surface area is 148 Å². The summed E-state index contributed by atoms with van der Waals surface area (Å²) in [7, 11) is 0. The number of thiophene rings is 1. The molecule has 130 valence electrons. The molecule has 0 aliphatic heterocycles. The molecule has 1 N–H and O–H groups in total. The molecule has 3 heterocycles. The molecule has 0 spiro atoms. The van der Waals surface area contributed by atoms with Crippen LogP contribution in [0.3, 0.4) is 0 Å². The first kappa shape index (κ1) is 17.1. The molecule has 3 aromatic heterocycles. The maximum atomic E-state index is 12.0. The van der Waals surface area contributed by atoms with Gasteiger partial charge in [-0.3, -0.25) is 9.59 Å². The van der Waals surface area contributed by atoms with E-state index in [1.807, 2.05) is 37.4 Å². The Morgan fingerprint density at radius 3 is 2.76 bits per heavy atom. The Kier molecular flexibility index (Phi) is 5.08. The number of nitrogens with one attached hydrogen (secondary N) is 1. The zero-order valence-corrected chi connectivity index (χ0v) is 14.9. The quantitative estimate of drug-likeness (QED) is 0.724. The number of amides is 1. The van der Waals surface area contributed by atoms with Crippen molar-refractivity contribution in [3.8, 4) is 5.82 Å². The number of hydrogen-bond donors (Lipinski definition) is 1. The minimum atomic E-state index is -0.210. The highest BCUT2D eigenvalue weighted by atomic mass is 32.1. The molecule has 0 aliphatic rings. The van der Waals surface area contributed by atoms with E-state index in [9.17, 15) is 9.59 Å². The molecule has 7 nitrogen and oxygen atoms in total. The van der Waals surface area contributed by atoms with Gasteiger partial charge in [-0.05, 0) is 37.4 Å². The van der Waals surface area contributed by atoms with Crippen LogP contribution in [-0.4, -0.2) is 32.0 Å². The molecule has 0 fully saturated rings. The lowest BCUT2D eigenvalue weighted by Gasteiger charge is -2.09. The van der Waals surface area contributed by atoms with Gasteiger partial charge >= 0.3 is 0 Å². The first-order chi connectivity index (χ1) is 12.0. The van der Waals surface area contributed by atoms with Crippen molar-refractivity contribution in [1.29, 1.82) is 0 Å². The highest BCUT2D eigenvalue weighted by Gasteiger charge is 2.08. The number of hydrogen-bond acceptors (Lipinski definition) is 5. The van der Waals surface area contributed by atoms with Crippen molar-refractivity contribution in [2.45, 2.75) is 26.8 Å². The van der Waals surface area contributed by atoms with Crippen LogP contribution < -0.4 is 10.9 Å². The molecule has 8 heteroatoms. The molecule has 1 amide bonds. The molecular weight excluding hydrogens is 338 g/mol. The summed E-state index contributed by atoms with van der Waals surface area (Å²) < 4.78 is 3.04. The lowest BCUT2D eigenvalue weighted by molar-refractivity contribution is -0.120. The SMILES string of the molecule is Cc1cc(C)n(-c2ccc(=O)n(CCNC(=O)Cc3cccs3)n2)n1. The van der Waals surface area contributed by atoms with Gasteiger partial charge in [0.2, 0.25) is 5.91 Å². The van der Waals surface area contributed by atoms with Crippen LogP contribution in [0.25, 0.3) is 5.82 Å². The maximum Gasteiger partial charge on any atom is 0.266 e. The van der Waals surface area contributed by atoms with Gasteiger partial charge < -0.3 is 5.32 Å². The van der Waals surface area contributed by atoms with Crippen LogP contribution in [-0.2, 0) is 17.8 Å². The Bertz CT molecular complexity index is 927. The van der Waals surface area contributed by atoms with Gasteiger partial charge in [-0.25, -0.2) is 9.36 Å². The third-order valence-corrected chi connectivity index (χ3v) is 4.52. The van der Waals surface area contributed by atoms with E-state index >= 15 is 0 Å². The number of carbonyl (C=O) groups is 1. The van der Waals surface area contributed by atoms with Crippen LogP contribution in [0.15, 0.2) is 40.5 Å². The summed E-state index contributed by atoms with van der Waals surface area (Å²) in [6.45, 7) is 4.49. The molecule has 0 bridgehead atoms. The fraction of sp³-hybridized carbons (Fsp3) is 0.294. The van der Waals surface area contributed by atoms with Gasteiger partial charge in [-0.2, -0.15) is 5.10 Å². The van der Waals surface area contributed by atoms with Crippen molar-refractivity contribution in [3.63, 3.8) is 0 Å². The van der Waals surface area contributed by atoms with Gasteiger partial charge in [-0.1, -0.05) is 6.07 Å². The first-order valence-corrected chi connectivity index (χ1v) is 8.82. The topological polar surface area (TPSA) is 81.8 Å². The predicted octanol–water partition coefficient (Wildman–Crippen LogP) is 1.47. The van der Waals surface area contributed by atoms with Crippen LogP contribution in [0, 0.1) is 13.8 Å². The summed E-state index contributed by atoms with van der Waals surface area (Å²) in [6, 6.07) is 8.90. The Morgan fingerprint density at radius 2 is 2.08 bits per heavy atom. The molecule has 3 rings (SSSR count). The molecule has 0 saturated carbocycles. The van der Waals surface area contributed by atoms with Gasteiger partial charge in [0, 0.05) is 23.2 Å². The van der Waals surface area contributed by atoms with E-state index in [-0.39, 0.29) is 11.5 Å². The van der Waals surface area contributed by atoms with Gasteiger partial charge in [-0.15, -0.1) is 16.4 Å². The van der Waals surface area contributed by atoms with E-state index in [4.69, 9.17) is 0 Å². The highest BCUT2D eigenvalue weighted by Crippen LogP contribution is 2.09. The van der Waals surface area contributed by atoms with Crippen molar-refractivity contribution >= 4 is 17.2 Å². The average molecular weight is 357 g/mol. The fourth-order valence-electron chi connectivity index (χ4n) is 2.51. The molecule has 3 aromatic rings. The van der Waals surface area contributed by atoms with Gasteiger partial charge in [0.15, 0.2) is 5.82 Å². The van der Waals surface area contributed by atoms with Gasteiger partial charge in [0.05, 0.1) is 18.7 Å². The molecule has 25 heavy (non-hydrogen) atoms. The molecule has 0 atom stereocenters. The minimum absolute atomic E-state index is 0.0646. The van der Waals surface area contributed by atoms with E-state index in [1.165, 1.54) is 10.7 Å². The Hall–Kier alpha value is -2.74. The predicted molar refractivity (Wildman–Crippen MR) is 96.1 cm³/mol. The molecule has 0 unspecified atom stereocenters. The standard InChI is InChI=1S/C17H19N5O2S/c1-12-10-13(2)22(19-12)15-5-6-17(24)21(20-15)8-7-18-16(23)11-14-4-3-9-25-14/h3-6,9-10H,7-8,11H2,1-2H3,(H,18,23). The summed E-state index contributed by atoms with van der Waals surface area (Å²) >= 11 is 1.55. The van der Waals surface area contributed by atoms with Crippen molar-refractivity contribution in [2.24, 2.45) is 0 Å². The first-order valence-electron chi connectivity index (χ1n) is 7.94. The van der Waals surface area contributed by atoms with Crippen molar-refractivity contribution in [1.82, 2.24) is 24.9 Å². The second-order valence-electron chi connectivity index (χ2n) is 5.70. The highest BCUT2D eigenvalue weighted by molar-refractivity contribution is 7.10. The summed E-state index contributed by atoms with van der Waals surface area (Å²) in [5, 5.41) is 13.5. The number of aryl methyl sites for hydroxylation is 2. The zero-order valence-electron chi connectivity index (χ0n) is 14.1. The van der Waals surface area contributed by atoms with Gasteiger partial charge in [0.25, 0.3) is 5.56 Å².